The van der Waals surface area contributed by atoms with Crippen LogP contribution >= 0.6 is 0 Å². The van der Waals surface area contributed by atoms with Crippen LogP contribution in [0.15, 0.2) is 18.2 Å². The number of likely N-dealkylation sites (N-methyl/N-ethyl adjacent to an activating group) is 1. The number of ether oxygens (including phenoxy) is 2. The Kier molecular flexibility index (Phi) is 5.81. The first-order valence-electron chi connectivity index (χ1n) is 7.29. The average Bonchev–Trinajstić information content (AvgIpc) is 2.53. The summed E-state index contributed by atoms with van der Waals surface area (Å²) < 4.78 is 10.7. The first-order chi connectivity index (χ1) is 10.2. The molecule has 118 valence electrons. The van der Waals surface area contributed by atoms with E-state index in [1.807, 2.05) is 18.2 Å². The van der Waals surface area contributed by atoms with Gasteiger partial charge < -0.3 is 20.1 Å². The summed E-state index contributed by atoms with van der Waals surface area (Å²) in [6, 6.07) is 5.88. The zero-order chi connectivity index (χ0) is 15.2. The summed E-state index contributed by atoms with van der Waals surface area (Å²) in [5.74, 6) is 1.58. The van der Waals surface area contributed by atoms with Crippen LogP contribution in [0.1, 0.15) is 11.6 Å². The summed E-state index contributed by atoms with van der Waals surface area (Å²) in [6.45, 7) is 4.61. The van der Waals surface area contributed by atoms with E-state index in [1.54, 1.807) is 14.2 Å². The number of rotatable bonds is 6. The van der Waals surface area contributed by atoms with E-state index in [0.29, 0.717) is 6.54 Å². The molecule has 0 aliphatic carbocycles. The molecular weight excluding hydrogens is 268 g/mol. The summed E-state index contributed by atoms with van der Waals surface area (Å²) in [7, 11) is 5.46. The molecule has 1 heterocycles. The highest BCUT2D eigenvalue weighted by Crippen LogP contribution is 2.29. The summed E-state index contributed by atoms with van der Waals surface area (Å²) in [5.41, 5.74) is 10.5. The summed E-state index contributed by atoms with van der Waals surface area (Å²) in [6.07, 6.45) is 0. The van der Waals surface area contributed by atoms with Crippen molar-refractivity contribution in [1.29, 1.82) is 0 Å². The number of hydrazine groups is 1. The van der Waals surface area contributed by atoms with Gasteiger partial charge in [0.15, 0.2) is 0 Å². The van der Waals surface area contributed by atoms with Gasteiger partial charge in [0, 0.05) is 44.4 Å². The van der Waals surface area contributed by atoms with Gasteiger partial charge in [0.1, 0.15) is 11.5 Å². The number of hydrogen-bond acceptors (Lipinski definition) is 6. The van der Waals surface area contributed by atoms with Gasteiger partial charge in [0.2, 0.25) is 0 Å². The van der Waals surface area contributed by atoms with Crippen LogP contribution in [0.5, 0.6) is 11.5 Å². The molecule has 1 aliphatic rings. The predicted molar refractivity (Wildman–Crippen MR) is 83.5 cm³/mol. The van der Waals surface area contributed by atoms with E-state index in [2.05, 4.69) is 22.4 Å². The van der Waals surface area contributed by atoms with Crippen LogP contribution in [-0.4, -0.2) is 63.9 Å². The molecule has 1 aliphatic heterocycles. The molecule has 2 rings (SSSR count). The van der Waals surface area contributed by atoms with Crippen molar-refractivity contribution in [2.24, 2.45) is 5.73 Å². The van der Waals surface area contributed by atoms with Crippen LogP contribution < -0.4 is 20.6 Å². The Labute approximate surface area is 126 Å². The molecule has 0 saturated carbocycles. The van der Waals surface area contributed by atoms with Crippen LogP contribution in [0.25, 0.3) is 0 Å². The van der Waals surface area contributed by atoms with Gasteiger partial charge in [-0.15, -0.1) is 0 Å². The van der Waals surface area contributed by atoms with E-state index in [9.17, 15) is 0 Å². The minimum Gasteiger partial charge on any atom is -0.497 e. The summed E-state index contributed by atoms with van der Waals surface area (Å²) >= 11 is 0. The average molecular weight is 294 g/mol. The van der Waals surface area contributed by atoms with Gasteiger partial charge in [-0.3, -0.25) is 0 Å². The smallest absolute Gasteiger partial charge is 0.127 e. The summed E-state index contributed by atoms with van der Waals surface area (Å²) in [5, 5.41) is 2.24. The van der Waals surface area contributed by atoms with E-state index in [4.69, 9.17) is 15.2 Å². The minimum atomic E-state index is 0.0364. The van der Waals surface area contributed by atoms with Crippen LogP contribution in [0.2, 0.25) is 0 Å². The Morgan fingerprint density at radius 2 is 1.90 bits per heavy atom. The molecule has 1 unspecified atom stereocenters. The van der Waals surface area contributed by atoms with Crippen molar-refractivity contribution in [1.82, 2.24) is 15.3 Å². The lowest BCUT2D eigenvalue weighted by Gasteiger charge is -2.35. The topological polar surface area (TPSA) is 63.0 Å². The number of hydrogen-bond donors (Lipinski definition) is 2. The van der Waals surface area contributed by atoms with Gasteiger partial charge in [-0.2, -0.15) is 0 Å². The molecule has 0 aromatic heterocycles. The second-order valence-electron chi connectivity index (χ2n) is 5.32. The second-order valence-corrected chi connectivity index (χ2v) is 5.32. The molecule has 1 fully saturated rings. The highest BCUT2D eigenvalue weighted by atomic mass is 16.5. The lowest BCUT2D eigenvalue weighted by Crippen LogP contribution is -2.52. The van der Waals surface area contributed by atoms with Crippen LogP contribution in [0.3, 0.4) is 0 Å². The zero-order valence-electron chi connectivity index (χ0n) is 13.1. The molecule has 6 nitrogen and oxygen atoms in total. The standard InChI is InChI=1S/C15H26N4O2/c1-18-6-8-19(9-7-18)17-14(11-16)13-5-4-12(20-2)10-15(13)21-3/h4-5,10,14,17H,6-9,11,16H2,1-3H3. The maximum absolute atomic E-state index is 5.96. The fourth-order valence-electron chi connectivity index (χ4n) is 2.51. The normalized spacial score (nSPS) is 18.5. The van der Waals surface area contributed by atoms with E-state index < -0.39 is 0 Å². The Morgan fingerprint density at radius 3 is 2.48 bits per heavy atom. The summed E-state index contributed by atoms with van der Waals surface area (Å²) in [4.78, 5) is 2.32. The Morgan fingerprint density at radius 1 is 1.19 bits per heavy atom. The Hall–Kier alpha value is -1.34. The molecule has 0 bridgehead atoms. The van der Waals surface area contributed by atoms with Crippen molar-refractivity contribution in [2.75, 3.05) is 54.0 Å². The van der Waals surface area contributed by atoms with Crippen LogP contribution in [0, 0.1) is 0 Å². The van der Waals surface area contributed by atoms with Crippen molar-refractivity contribution >= 4 is 0 Å². The van der Waals surface area contributed by atoms with Crippen LogP contribution in [0.4, 0.5) is 0 Å². The molecule has 1 saturated heterocycles. The third-order valence-corrected chi connectivity index (χ3v) is 3.89. The van der Waals surface area contributed by atoms with Gasteiger partial charge in [0.25, 0.3) is 0 Å². The van der Waals surface area contributed by atoms with Gasteiger partial charge in [0.05, 0.1) is 20.3 Å². The highest BCUT2D eigenvalue weighted by Gasteiger charge is 2.20. The second kappa shape index (κ2) is 7.61. The largest absolute Gasteiger partial charge is 0.497 e. The van der Waals surface area contributed by atoms with E-state index >= 15 is 0 Å². The molecule has 0 spiro atoms. The fraction of sp³-hybridized carbons (Fsp3) is 0.600. The molecular formula is C15H26N4O2. The lowest BCUT2D eigenvalue weighted by molar-refractivity contribution is 0.0875. The first kappa shape index (κ1) is 16.0. The number of methoxy groups -OCH3 is 2. The first-order valence-corrected chi connectivity index (χ1v) is 7.29. The third-order valence-electron chi connectivity index (χ3n) is 3.89. The quantitative estimate of drug-likeness (QED) is 0.794. The van der Waals surface area contributed by atoms with Gasteiger partial charge in [-0.05, 0) is 19.2 Å². The molecule has 6 heteroatoms. The Balaban J connectivity index is 2.09. The molecule has 0 radical (unpaired) electrons. The van der Waals surface area contributed by atoms with Crippen molar-refractivity contribution in [3.63, 3.8) is 0 Å². The SMILES string of the molecule is COc1ccc(C(CN)NN2CCN(C)CC2)c(OC)c1. The maximum atomic E-state index is 5.96. The maximum Gasteiger partial charge on any atom is 0.127 e. The molecule has 1 aromatic rings. The minimum absolute atomic E-state index is 0.0364. The van der Waals surface area contributed by atoms with Crippen molar-refractivity contribution in [3.05, 3.63) is 23.8 Å². The zero-order valence-corrected chi connectivity index (χ0v) is 13.1. The van der Waals surface area contributed by atoms with Crippen LogP contribution in [-0.2, 0) is 0 Å². The molecule has 0 amide bonds. The van der Waals surface area contributed by atoms with Crippen molar-refractivity contribution in [2.45, 2.75) is 6.04 Å². The molecule has 1 aromatic carbocycles. The number of piperazine rings is 1. The monoisotopic (exact) mass is 294 g/mol. The third kappa shape index (κ3) is 4.07. The van der Waals surface area contributed by atoms with Gasteiger partial charge in [-0.25, -0.2) is 10.4 Å². The van der Waals surface area contributed by atoms with Gasteiger partial charge >= 0.3 is 0 Å². The number of benzene rings is 1. The van der Waals surface area contributed by atoms with E-state index in [-0.39, 0.29) is 6.04 Å². The van der Waals surface area contributed by atoms with Crippen molar-refractivity contribution in [3.8, 4) is 11.5 Å². The molecule has 3 N–H and O–H groups in total. The predicted octanol–water partition coefficient (Wildman–Crippen LogP) is 0.456. The van der Waals surface area contributed by atoms with E-state index in [0.717, 1.165) is 43.2 Å². The number of nitrogens with two attached hydrogens (primary N) is 1. The fourth-order valence-corrected chi connectivity index (χ4v) is 2.51. The number of nitrogens with zero attached hydrogens (tertiary/aromatic N) is 2. The Bertz CT molecular complexity index is 447. The molecule has 21 heavy (non-hydrogen) atoms. The molecule has 1 atom stereocenters. The highest BCUT2D eigenvalue weighted by molar-refractivity contribution is 5.42. The van der Waals surface area contributed by atoms with E-state index in [1.165, 1.54) is 0 Å². The number of nitrogens with one attached hydrogen (secondary N) is 1. The van der Waals surface area contributed by atoms with Gasteiger partial charge in [-0.1, -0.05) is 0 Å². The van der Waals surface area contributed by atoms with Crippen molar-refractivity contribution < 1.29 is 9.47 Å². The lowest BCUT2D eigenvalue weighted by atomic mass is 10.1.